The van der Waals surface area contributed by atoms with Crippen molar-refractivity contribution in [3.8, 4) is 5.75 Å². The Balaban J connectivity index is 1.49. The highest BCUT2D eigenvalue weighted by Gasteiger charge is 2.28. The first-order valence-corrected chi connectivity index (χ1v) is 10.5. The van der Waals surface area contributed by atoms with Gasteiger partial charge in [0, 0.05) is 46.8 Å². The van der Waals surface area contributed by atoms with Crippen LogP contribution in [0, 0.1) is 0 Å². The first-order chi connectivity index (χ1) is 11.9. The lowest BCUT2D eigenvalue weighted by atomic mass is 10.2. The molecule has 0 atom stereocenters. The standard InChI is InChI=1S/C18H29N3O3S/c1-19(2)25(22,23)21-13-11-20(12-14-21)15-16-7-9-18(10-8-16)24-17-5-3-4-6-17/h7-10,17H,3-6,11-15H2,1-2H3. The van der Waals surface area contributed by atoms with Crippen molar-refractivity contribution in [3.63, 3.8) is 0 Å². The maximum Gasteiger partial charge on any atom is 0.281 e. The molecule has 1 saturated carbocycles. The lowest BCUT2D eigenvalue weighted by molar-refractivity contribution is 0.177. The number of benzene rings is 1. The molecule has 0 unspecified atom stereocenters. The van der Waals surface area contributed by atoms with Crippen LogP contribution >= 0.6 is 0 Å². The van der Waals surface area contributed by atoms with Gasteiger partial charge in [-0.15, -0.1) is 0 Å². The average Bonchev–Trinajstić information content (AvgIpc) is 3.10. The fourth-order valence-electron chi connectivity index (χ4n) is 3.48. The maximum absolute atomic E-state index is 12.1. The minimum Gasteiger partial charge on any atom is -0.490 e. The van der Waals surface area contributed by atoms with E-state index in [2.05, 4.69) is 29.2 Å². The summed E-state index contributed by atoms with van der Waals surface area (Å²) in [6.07, 6.45) is 5.28. The molecular weight excluding hydrogens is 338 g/mol. The Labute approximate surface area is 151 Å². The highest BCUT2D eigenvalue weighted by Crippen LogP contribution is 2.24. The molecule has 1 heterocycles. The largest absolute Gasteiger partial charge is 0.490 e. The first-order valence-electron chi connectivity index (χ1n) is 9.11. The number of ether oxygens (including phenoxy) is 1. The van der Waals surface area contributed by atoms with Gasteiger partial charge in [-0.3, -0.25) is 4.90 Å². The Morgan fingerprint density at radius 2 is 1.64 bits per heavy atom. The molecule has 0 radical (unpaired) electrons. The second-order valence-electron chi connectivity index (χ2n) is 7.13. The zero-order valence-electron chi connectivity index (χ0n) is 15.2. The van der Waals surface area contributed by atoms with Crippen molar-refractivity contribution < 1.29 is 13.2 Å². The zero-order valence-corrected chi connectivity index (χ0v) is 16.0. The molecule has 0 bridgehead atoms. The van der Waals surface area contributed by atoms with Gasteiger partial charge in [0.05, 0.1) is 6.10 Å². The molecule has 140 valence electrons. The fourth-order valence-corrected chi connectivity index (χ4v) is 4.57. The third-order valence-corrected chi connectivity index (χ3v) is 6.99. The van der Waals surface area contributed by atoms with E-state index in [0.717, 1.165) is 25.4 Å². The van der Waals surface area contributed by atoms with Gasteiger partial charge in [-0.05, 0) is 43.4 Å². The Bertz CT molecular complexity index is 647. The van der Waals surface area contributed by atoms with E-state index in [1.54, 1.807) is 18.4 Å². The summed E-state index contributed by atoms with van der Waals surface area (Å²) in [6.45, 7) is 3.45. The van der Waals surface area contributed by atoms with Gasteiger partial charge < -0.3 is 4.74 Å². The molecular formula is C18H29N3O3S. The molecule has 6 nitrogen and oxygen atoms in total. The number of hydrogen-bond donors (Lipinski definition) is 0. The number of hydrogen-bond acceptors (Lipinski definition) is 4. The van der Waals surface area contributed by atoms with Crippen molar-refractivity contribution in [2.75, 3.05) is 40.3 Å². The van der Waals surface area contributed by atoms with Crippen LogP contribution in [0.5, 0.6) is 5.75 Å². The Kier molecular flexibility index (Phi) is 5.99. The summed E-state index contributed by atoms with van der Waals surface area (Å²) in [5, 5.41) is 0. The summed E-state index contributed by atoms with van der Waals surface area (Å²) in [7, 11) is -0.129. The van der Waals surface area contributed by atoms with Crippen LogP contribution in [-0.4, -0.2) is 68.3 Å². The quantitative estimate of drug-likeness (QED) is 0.771. The van der Waals surface area contributed by atoms with Crippen LogP contribution in [0.25, 0.3) is 0 Å². The van der Waals surface area contributed by atoms with E-state index in [9.17, 15) is 8.42 Å². The topological polar surface area (TPSA) is 53.1 Å². The van der Waals surface area contributed by atoms with Gasteiger partial charge in [-0.25, -0.2) is 0 Å². The van der Waals surface area contributed by atoms with Gasteiger partial charge in [0.2, 0.25) is 0 Å². The number of nitrogens with zero attached hydrogens (tertiary/aromatic N) is 3. The predicted molar refractivity (Wildman–Crippen MR) is 98.8 cm³/mol. The van der Waals surface area contributed by atoms with Gasteiger partial charge in [-0.1, -0.05) is 12.1 Å². The van der Waals surface area contributed by atoms with Gasteiger partial charge >= 0.3 is 0 Å². The van der Waals surface area contributed by atoms with Crippen LogP contribution in [-0.2, 0) is 16.8 Å². The van der Waals surface area contributed by atoms with Crippen LogP contribution in [0.1, 0.15) is 31.2 Å². The van der Waals surface area contributed by atoms with Crippen molar-refractivity contribution in [2.24, 2.45) is 0 Å². The highest BCUT2D eigenvalue weighted by atomic mass is 32.2. The lowest BCUT2D eigenvalue weighted by Gasteiger charge is -2.35. The van der Waals surface area contributed by atoms with Gasteiger partial charge in [0.1, 0.15) is 5.75 Å². The molecule has 3 rings (SSSR count). The van der Waals surface area contributed by atoms with E-state index in [1.807, 2.05) is 0 Å². The van der Waals surface area contributed by atoms with Crippen LogP contribution in [0.2, 0.25) is 0 Å². The molecule has 0 spiro atoms. The van der Waals surface area contributed by atoms with Crippen molar-refractivity contribution in [3.05, 3.63) is 29.8 Å². The van der Waals surface area contributed by atoms with Gasteiger partial charge in [0.15, 0.2) is 0 Å². The molecule has 0 aromatic heterocycles. The first kappa shape index (κ1) is 18.6. The molecule has 7 heteroatoms. The molecule has 25 heavy (non-hydrogen) atoms. The minimum atomic E-state index is -3.29. The van der Waals surface area contributed by atoms with Crippen molar-refractivity contribution in [1.29, 1.82) is 0 Å². The summed E-state index contributed by atoms with van der Waals surface area (Å²) < 4.78 is 33.1. The molecule has 1 saturated heterocycles. The molecule has 0 amide bonds. The van der Waals surface area contributed by atoms with Crippen LogP contribution in [0.4, 0.5) is 0 Å². The van der Waals surface area contributed by atoms with Crippen molar-refractivity contribution in [1.82, 2.24) is 13.5 Å². The number of piperazine rings is 1. The van der Waals surface area contributed by atoms with E-state index >= 15 is 0 Å². The summed E-state index contributed by atoms with van der Waals surface area (Å²) in [4.78, 5) is 2.30. The predicted octanol–water partition coefficient (Wildman–Crippen LogP) is 1.93. The lowest BCUT2D eigenvalue weighted by Crippen LogP contribution is -2.51. The highest BCUT2D eigenvalue weighted by molar-refractivity contribution is 7.86. The van der Waals surface area contributed by atoms with E-state index < -0.39 is 10.2 Å². The van der Waals surface area contributed by atoms with E-state index in [-0.39, 0.29) is 0 Å². The average molecular weight is 368 g/mol. The Morgan fingerprint density at radius 1 is 1.04 bits per heavy atom. The van der Waals surface area contributed by atoms with Crippen LogP contribution < -0.4 is 4.74 Å². The van der Waals surface area contributed by atoms with E-state index in [1.165, 1.54) is 35.6 Å². The molecule has 1 aliphatic heterocycles. The molecule has 1 aromatic carbocycles. The summed E-state index contributed by atoms with van der Waals surface area (Å²) in [5.41, 5.74) is 1.24. The molecule has 2 fully saturated rings. The fraction of sp³-hybridized carbons (Fsp3) is 0.667. The molecule has 0 N–H and O–H groups in total. The van der Waals surface area contributed by atoms with Crippen molar-refractivity contribution >= 4 is 10.2 Å². The third-order valence-electron chi connectivity index (χ3n) is 5.05. The second kappa shape index (κ2) is 8.03. The van der Waals surface area contributed by atoms with E-state index in [0.29, 0.717) is 19.2 Å². The second-order valence-corrected chi connectivity index (χ2v) is 9.28. The smallest absolute Gasteiger partial charge is 0.281 e. The molecule has 2 aliphatic rings. The molecule has 1 aromatic rings. The normalized spacial score (nSPS) is 21.1. The minimum absolute atomic E-state index is 0.387. The van der Waals surface area contributed by atoms with Crippen molar-refractivity contribution in [2.45, 2.75) is 38.3 Å². The Hall–Kier alpha value is -1.15. The monoisotopic (exact) mass is 367 g/mol. The molecule has 1 aliphatic carbocycles. The van der Waals surface area contributed by atoms with E-state index in [4.69, 9.17) is 4.74 Å². The SMILES string of the molecule is CN(C)S(=O)(=O)N1CCN(Cc2ccc(OC3CCCC3)cc2)CC1. The van der Waals surface area contributed by atoms with Crippen LogP contribution in [0.15, 0.2) is 24.3 Å². The van der Waals surface area contributed by atoms with Gasteiger partial charge in [-0.2, -0.15) is 17.0 Å². The summed E-state index contributed by atoms with van der Waals surface area (Å²) in [6, 6.07) is 8.35. The summed E-state index contributed by atoms with van der Waals surface area (Å²) >= 11 is 0. The third kappa shape index (κ3) is 4.73. The zero-order chi connectivity index (χ0) is 17.9. The van der Waals surface area contributed by atoms with Crippen LogP contribution in [0.3, 0.4) is 0 Å². The maximum atomic E-state index is 12.1. The van der Waals surface area contributed by atoms with Gasteiger partial charge in [0.25, 0.3) is 10.2 Å². The number of rotatable bonds is 6. The Morgan fingerprint density at radius 3 is 2.20 bits per heavy atom. The summed E-state index contributed by atoms with van der Waals surface area (Å²) in [5.74, 6) is 0.956.